The zero-order valence-electron chi connectivity index (χ0n) is 11.1. The molecule has 1 heterocycles. The van der Waals surface area contributed by atoms with Crippen molar-refractivity contribution in [2.24, 2.45) is 0 Å². The van der Waals surface area contributed by atoms with Crippen LogP contribution in [0.4, 0.5) is 0 Å². The van der Waals surface area contributed by atoms with Crippen LogP contribution in [-0.4, -0.2) is 24.5 Å². The van der Waals surface area contributed by atoms with Crippen LogP contribution >= 0.6 is 11.3 Å². The van der Waals surface area contributed by atoms with Crippen molar-refractivity contribution < 1.29 is 4.79 Å². The van der Waals surface area contributed by atoms with Gasteiger partial charge in [0.2, 0.25) is 5.91 Å². The van der Waals surface area contributed by atoms with Gasteiger partial charge in [0.1, 0.15) is 5.01 Å². The number of carbonyl (C=O) groups excluding carboxylic acids is 1. The van der Waals surface area contributed by atoms with E-state index >= 15 is 0 Å². The van der Waals surface area contributed by atoms with Gasteiger partial charge in [0, 0.05) is 17.5 Å². The van der Waals surface area contributed by atoms with E-state index in [0.717, 1.165) is 36.5 Å². The van der Waals surface area contributed by atoms with Crippen molar-refractivity contribution in [3.8, 4) is 0 Å². The first-order valence-corrected chi connectivity index (χ1v) is 7.42. The van der Waals surface area contributed by atoms with Crippen LogP contribution in [0.5, 0.6) is 0 Å². The first-order valence-electron chi connectivity index (χ1n) is 6.54. The van der Waals surface area contributed by atoms with E-state index in [1.807, 2.05) is 14.0 Å². The van der Waals surface area contributed by atoms with E-state index in [-0.39, 0.29) is 11.4 Å². The van der Waals surface area contributed by atoms with Gasteiger partial charge in [-0.1, -0.05) is 0 Å². The second-order valence-electron chi connectivity index (χ2n) is 4.98. The summed E-state index contributed by atoms with van der Waals surface area (Å²) in [5.41, 5.74) is 0.890. The zero-order chi connectivity index (χ0) is 13.0. The van der Waals surface area contributed by atoms with E-state index in [4.69, 9.17) is 0 Å². The zero-order valence-corrected chi connectivity index (χ0v) is 11.9. The van der Waals surface area contributed by atoms with Crippen molar-refractivity contribution >= 4 is 17.2 Å². The molecular formula is C13H21N3OS. The Kier molecular flexibility index (Phi) is 4.35. The summed E-state index contributed by atoms with van der Waals surface area (Å²) in [5.74, 6) is 0.151. The second kappa shape index (κ2) is 5.80. The Labute approximate surface area is 112 Å². The Bertz CT molecular complexity index is 412. The van der Waals surface area contributed by atoms with Gasteiger partial charge >= 0.3 is 0 Å². The van der Waals surface area contributed by atoms with E-state index in [0.29, 0.717) is 6.42 Å². The molecule has 0 atom stereocenters. The lowest BCUT2D eigenvalue weighted by atomic mass is 9.77. The maximum Gasteiger partial charge on any atom is 0.220 e. The molecule has 2 N–H and O–H groups in total. The van der Waals surface area contributed by atoms with Gasteiger partial charge in [-0.3, -0.25) is 4.79 Å². The van der Waals surface area contributed by atoms with E-state index in [1.54, 1.807) is 11.3 Å². The normalized spacial score (nSPS) is 17.2. The standard InChI is InChI=1S/C13H21N3OS/c1-10-9-18-12(15-10)13(6-4-7-13)16-11(17)5-3-8-14-2/h9,14H,3-8H2,1-2H3,(H,16,17). The van der Waals surface area contributed by atoms with Crippen LogP contribution < -0.4 is 10.6 Å². The monoisotopic (exact) mass is 267 g/mol. The molecule has 0 aromatic carbocycles. The van der Waals surface area contributed by atoms with Crippen LogP contribution in [0.1, 0.15) is 42.8 Å². The molecule has 0 spiro atoms. The van der Waals surface area contributed by atoms with Crippen molar-refractivity contribution in [1.29, 1.82) is 0 Å². The Balaban J connectivity index is 1.94. The number of thiazole rings is 1. The minimum absolute atomic E-state index is 0.151. The fourth-order valence-corrected chi connectivity index (χ4v) is 3.26. The SMILES string of the molecule is CNCCCC(=O)NC1(c2nc(C)cs2)CCC1. The Morgan fingerprint density at radius 3 is 2.83 bits per heavy atom. The second-order valence-corrected chi connectivity index (χ2v) is 5.84. The number of rotatable bonds is 6. The highest BCUT2D eigenvalue weighted by molar-refractivity contribution is 7.09. The van der Waals surface area contributed by atoms with Crippen molar-refractivity contribution in [3.05, 3.63) is 16.1 Å². The number of carbonyl (C=O) groups is 1. The molecule has 1 aliphatic rings. The molecule has 4 nitrogen and oxygen atoms in total. The molecule has 18 heavy (non-hydrogen) atoms. The third kappa shape index (κ3) is 2.90. The summed E-state index contributed by atoms with van der Waals surface area (Å²) in [6.07, 6.45) is 4.70. The van der Waals surface area contributed by atoms with Gasteiger partial charge in [-0.2, -0.15) is 0 Å². The Hall–Kier alpha value is -0.940. The number of hydrogen-bond acceptors (Lipinski definition) is 4. The number of aromatic nitrogens is 1. The molecule has 1 fully saturated rings. The molecule has 1 aromatic heterocycles. The molecule has 0 radical (unpaired) electrons. The number of aryl methyl sites for hydroxylation is 1. The third-order valence-corrected chi connectivity index (χ3v) is 4.61. The summed E-state index contributed by atoms with van der Waals surface area (Å²) in [6, 6.07) is 0. The third-order valence-electron chi connectivity index (χ3n) is 3.44. The Morgan fingerprint density at radius 1 is 1.56 bits per heavy atom. The van der Waals surface area contributed by atoms with E-state index < -0.39 is 0 Å². The quantitative estimate of drug-likeness (QED) is 0.775. The molecule has 1 saturated carbocycles. The van der Waals surface area contributed by atoms with E-state index in [1.165, 1.54) is 6.42 Å². The molecule has 1 aromatic rings. The van der Waals surface area contributed by atoms with Crippen molar-refractivity contribution in [3.63, 3.8) is 0 Å². The van der Waals surface area contributed by atoms with Crippen molar-refractivity contribution in [1.82, 2.24) is 15.6 Å². The molecule has 5 heteroatoms. The number of nitrogens with one attached hydrogen (secondary N) is 2. The van der Waals surface area contributed by atoms with Crippen LogP contribution in [0.3, 0.4) is 0 Å². The summed E-state index contributed by atoms with van der Waals surface area (Å²) in [4.78, 5) is 16.5. The highest BCUT2D eigenvalue weighted by Crippen LogP contribution is 2.42. The highest BCUT2D eigenvalue weighted by atomic mass is 32.1. The lowest BCUT2D eigenvalue weighted by Crippen LogP contribution is -2.50. The lowest BCUT2D eigenvalue weighted by Gasteiger charge is -2.40. The van der Waals surface area contributed by atoms with E-state index in [9.17, 15) is 4.79 Å². The van der Waals surface area contributed by atoms with E-state index in [2.05, 4.69) is 21.0 Å². The summed E-state index contributed by atoms with van der Waals surface area (Å²) in [6.45, 7) is 2.89. The predicted octanol–water partition coefficient (Wildman–Crippen LogP) is 1.95. The van der Waals surface area contributed by atoms with Gasteiger partial charge in [0.05, 0.1) is 5.54 Å². The Morgan fingerprint density at radius 2 is 2.33 bits per heavy atom. The van der Waals surface area contributed by atoms with Gasteiger partial charge in [-0.15, -0.1) is 11.3 Å². The fourth-order valence-electron chi connectivity index (χ4n) is 2.25. The molecule has 0 unspecified atom stereocenters. The maximum absolute atomic E-state index is 11.9. The molecule has 0 saturated heterocycles. The summed E-state index contributed by atoms with van der Waals surface area (Å²) in [5, 5.41) is 9.39. The first kappa shape index (κ1) is 13.5. The largest absolute Gasteiger partial charge is 0.344 e. The predicted molar refractivity (Wildman–Crippen MR) is 73.7 cm³/mol. The van der Waals surface area contributed by atoms with Crippen LogP contribution in [0, 0.1) is 6.92 Å². The van der Waals surface area contributed by atoms with Gasteiger partial charge in [0.15, 0.2) is 0 Å². The van der Waals surface area contributed by atoms with Gasteiger partial charge in [0.25, 0.3) is 0 Å². The van der Waals surface area contributed by atoms with Crippen LogP contribution in [-0.2, 0) is 10.3 Å². The molecule has 0 aliphatic heterocycles. The molecular weight excluding hydrogens is 246 g/mol. The smallest absolute Gasteiger partial charge is 0.220 e. The molecule has 100 valence electrons. The molecule has 1 amide bonds. The topological polar surface area (TPSA) is 54.0 Å². The summed E-state index contributed by atoms with van der Waals surface area (Å²) >= 11 is 1.66. The van der Waals surface area contributed by atoms with Crippen molar-refractivity contribution in [2.45, 2.75) is 44.6 Å². The minimum Gasteiger partial charge on any atom is -0.344 e. The van der Waals surface area contributed by atoms with Gasteiger partial charge in [-0.25, -0.2) is 4.98 Å². The minimum atomic E-state index is -0.157. The number of nitrogens with zero attached hydrogens (tertiary/aromatic N) is 1. The molecule has 1 aliphatic carbocycles. The molecule has 2 rings (SSSR count). The summed E-state index contributed by atoms with van der Waals surface area (Å²) in [7, 11) is 1.91. The van der Waals surface area contributed by atoms with Gasteiger partial charge in [-0.05, 0) is 46.2 Å². The average Bonchev–Trinajstić information content (AvgIpc) is 2.71. The van der Waals surface area contributed by atoms with Crippen LogP contribution in [0.15, 0.2) is 5.38 Å². The highest BCUT2D eigenvalue weighted by Gasteiger charge is 2.42. The first-order chi connectivity index (χ1) is 8.66. The van der Waals surface area contributed by atoms with Crippen LogP contribution in [0.2, 0.25) is 0 Å². The maximum atomic E-state index is 11.9. The fraction of sp³-hybridized carbons (Fsp3) is 0.692. The number of amides is 1. The summed E-state index contributed by atoms with van der Waals surface area (Å²) < 4.78 is 0. The number of hydrogen-bond donors (Lipinski definition) is 2. The van der Waals surface area contributed by atoms with Crippen molar-refractivity contribution in [2.75, 3.05) is 13.6 Å². The average molecular weight is 267 g/mol. The van der Waals surface area contributed by atoms with Crippen LogP contribution in [0.25, 0.3) is 0 Å². The lowest BCUT2D eigenvalue weighted by molar-refractivity contribution is -0.124. The molecule has 0 bridgehead atoms. The van der Waals surface area contributed by atoms with Gasteiger partial charge < -0.3 is 10.6 Å².